The van der Waals surface area contributed by atoms with Crippen molar-refractivity contribution >= 4 is 42.8 Å². The van der Waals surface area contributed by atoms with Crippen LogP contribution in [0.15, 0.2) is 4.91 Å². The highest BCUT2D eigenvalue weighted by atomic mass is 32.1. The highest BCUT2D eigenvalue weighted by molar-refractivity contribution is 7.94. The molecule has 0 aromatic heterocycles. The van der Waals surface area contributed by atoms with E-state index in [1.807, 2.05) is 0 Å². The van der Waals surface area contributed by atoms with Crippen LogP contribution in [0.1, 0.15) is 38.6 Å². The second-order valence-electron chi connectivity index (χ2n) is 4.43. The van der Waals surface area contributed by atoms with E-state index in [9.17, 15) is 0 Å². The average Bonchev–Trinajstić information content (AvgIpc) is 2.48. The van der Waals surface area contributed by atoms with Crippen LogP contribution < -0.4 is 0 Å². The van der Waals surface area contributed by atoms with E-state index in [2.05, 4.69) is 65.6 Å². The molecular formula is C13H16S3. The summed E-state index contributed by atoms with van der Waals surface area (Å²) >= 11 is 13.7. The van der Waals surface area contributed by atoms with Crippen molar-refractivity contribution in [2.75, 3.05) is 0 Å². The Morgan fingerprint density at radius 2 is 1.31 bits per heavy atom. The molecule has 0 amide bonds. The van der Waals surface area contributed by atoms with E-state index in [-0.39, 0.29) is 5.25 Å². The molecule has 1 aromatic rings. The van der Waals surface area contributed by atoms with Gasteiger partial charge in [-0.05, 0) is 61.1 Å². The average molecular weight is 268 g/mol. The van der Waals surface area contributed by atoms with E-state index < -0.39 is 0 Å². The minimum atomic E-state index is 0.0869. The lowest BCUT2D eigenvalue weighted by atomic mass is 9.90. The summed E-state index contributed by atoms with van der Waals surface area (Å²) in [6, 6.07) is 0. The third kappa shape index (κ3) is 1.48. The maximum absolute atomic E-state index is 4.64. The molecule has 0 saturated carbocycles. The summed E-state index contributed by atoms with van der Waals surface area (Å²) in [5.41, 5.74) is 7.89. The number of rotatable bonds is 0. The Balaban J connectivity index is 2.89. The summed E-state index contributed by atoms with van der Waals surface area (Å²) < 4.78 is 0. The van der Waals surface area contributed by atoms with Gasteiger partial charge in [0.05, 0.1) is 5.25 Å². The summed E-state index contributed by atoms with van der Waals surface area (Å²) in [5, 5.41) is 0.0869. The fourth-order valence-corrected chi connectivity index (χ4v) is 3.59. The summed E-state index contributed by atoms with van der Waals surface area (Å²) in [6.07, 6.45) is 0. The van der Waals surface area contributed by atoms with Crippen LogP contribution in [0.2, 0.25) is 0 Å². The smallest absolute Gasteiger partial charge is 0.0593 e. The molecule has 86 valence electrons. The topological polar surface area (TPSA) is 0 Å². The van der Waals surface area contributed by atoms with Gasteiger partial charge < -0.3 is 0 Å². The van der Waals surface area contributed by atoms with Crippen molar-refractivity contribution in [2.24, 2.45) is 0 Å². The third-order valence-corrected chi connectivity index (χ3v) is 5.59. The zero-order valence-electron chi connectivity index (χ0n) is 9.92. The van der Waals surface area contributed by atoms with Gasteiger partial charge in [-0.15, -0.1) is 25.3 Å². The SMILES string of the molecule is Cc1c(C)c(C)c2c(c1C)C(S)=C(S)C2S. The van der Waals surface area contributed by atoms with Crippen LogP contribution in [-0.2, 0) is 0 Å². The number of hydrogen-bond acceptors (Lipinski definition) is 3. The van der Waals surface area contributed by atoms with Gasteiger partial charge in [-0.3, -0.25) is 0 Å². The third-order valence-electron chi connectivity index (χ3n) is 3.75. The van der Waals surface area contributed by atoms with Gasteiger partial charge in [0.2, 0.25) is 0 Å². The zero-order chi connectivity index (χ0) is 12.2. The highest BCUT2D eigenvalue weighted by Crippen LogP contribution is 2.51. The molecule has 0 saturated heterocycles. The lowest BCUT2D eigenvalue weighted by Crippen LogP contribution is -2.01. The van der Waals surface area contributed by atoms with E-state index in [1.165, 1.54) is 33.4 Å². The molecule has 1 aliphatic carbocycles. The number of thiol groups is 3. The Morgan fingerprint density at radius 3 is 1.88 bits per heavy atom. The number of hydrogen-bond donors (Lipinski definition) is 3. The molecule has 1 aliphatic rings. The fourth-order valence-electron chi connectivity index (χ4n) is 2.38. The lowest BCUT2D eigenvalue weighted by Gasteiger charge is -2.18. The van der Waals surface area contributed by atoms with Crippen LogP contribution in [0.25, 0.3) is 4.91 Å². The number of benzene rings is 1. The predicted molar refractivity (Wildman–Crippen MR) is 82.0 cm³/mol. The minimum absolute atomic E-state index is 0.0869. The lowest BCUT2D eigenvalue weighted by molar-refractivity contribution is 1.13. The van der Waals surface area contributed by atoms with E-state index in [4.69, 9.17) is 0 Å². The molecule has 16 heavy (non-hydrogen) atoms. The maximum Gasteiger partial charge on any atom is 0.0593 e. The monoisotopic (exact) mass is 268 g/mol. The summed E-state index contributed by atoms with van der Waals surface area (Å²) in [7, 11) is 0. The van der Waals surface area contributed by atoms with Crippen LogP contribution >= 0.6 is 37.9 Å². The molecule has 0 nitrogen and oxygen atoms in total. The van der Waals surface area contributed by atoms with Gasteiger partial charge in [-0.1, -0.05) is 0 Å². The summed E-state index contributed by atoms with van der Waals surface area (Å²) in [5.74, 6) is 0. The summed E-state index contributed by atoms with van der Waals surface area (Å²) in [4.78, 5) is 1.96. The van der Waals surface area contributed by atoms with Crippen molar-refractivity contribution in [3.05, 3.63) is 38.3 Å². The highest BCUT2D eigenvalue weighted by Gasteiger charge is 2.30. The minimum Gasteiger partial charge on any atom is -0.166 e. The van der Waals surface area contributed by atoms with Gasteiger partial charge in [-0.25, -0.2) is 0 Å². The van der Waals surface area contributed by atoms with Gasteiger partial charge in [0.25, 0.3) is 0 Å². The van der Waals surface area contributed by atoms with Crippen molar-refractivity contribution in [3.8, 4) is 0 Å². The van der Waals surface area contributed by atoms with Crippen molar-refractivity contribution < 1.29 is 0 Å². The molecule has 0 spiro atoms. The van der Waals surface area contributed by atoms with Crippen LogP contribution in [0.5, 0.6) is 0 Å². The molecule has 0 heterocycles. The second-order valence-corrected chi connectivity index (χ2v) is 5.87. The van der Waals surface area contributed by atoms with E-state index >= 15 is 0 Å². The van der Waals surface area contributed by atoms with Gasteiger partial charge in [-0.2, -0.15) is 12.6 Å². The van der Waals surface area contributed by atoms with Crippen LogP contribution in [0, 0.1) is 27.7 Å². The maximum atomic E-state index is 4.64. The first-order valence-electron chi connectivity index (χ1n) is 5.28. The van der Waals surface area contributed by atoms with Gasteiger partial charge >= 0.3 is 0 Å². The Hall–Kier alpha value is 0.01000. The molecule has 1 aromatic carbocycles. The first-order chi connectivity index (χ1) is 7.37. The van der Waals surface area contributed by atoms with Crippen LogP contribution in [0.3, 0.4) is 0 Å². The molecule has 3 heteroatoms. The van der Waals surface area contributed by atoms with Crippen LogP contribution in [0.4, 0.5) is 0 Å². The molecule has 1 unspecified atom stereocenters. The first kappa shape index (κ1) is 12.5. The van der Waals surface area contributed by atoms with Gasteiger partial charge in [0, 0.05) is 9.81 Å². The van der Waals surface area contributed by atoms with Crippen molar-refractivity contribution in [1.29, 1.82) is 0 Å². The second kappa shape index (κ2) is 4.04. The Labute approximate surface area is 114 Å². The predicted octanol–water partition coefficient (Wildman–Crippen LogP) is 4.43. The number of fused-ring (bicyclic) bond motifs is 1. The molecule has 0 bridgehead atoms. The van der Waals surface area contributed by atoms with E-state index in [0.717, 1.165) is 9.81 Å². The first-order valence-corrected chi connectivity index (χ1v) is 6.69. The molecule has 0 aliphatic heterocycles. The van der Waals surface area contributed by atoms with Crippen LogP contribution in [-0.4, -0.2) is 0 Å². The molecule has 0 radical (unpaired) electrons. The van der Waals surface area contributed by atoms with E-state index in [1.54, 1.807) is 0 Å². The van der Waals surface area contributed by atoms with Crippen molar-refractivity contribution in [1.82, 2.24) is 0 Å². The summed E-state index contributed by atoms with van der Waals surface area (Å²) in [6.45, 7) is 8.66. The zero-order valence-corrected chi connectivity index (χ0v) is 12.6. The Morgan fingerprint density at radius 1 is 0.812 bits per heavy atom. The Kier molecular flexibility index (Phi) is 3.15. The normalized spacial score (nSPS) is 19.3. The molecule has 2 rings (SSSR count). The molecule has 1 atom stereocenters. The standard InChI is InChI=1S/C13H16S3/c1-5-6(2)8(4)10-9(7(5)3)11(14)13(16)12(10)15/h11,14-16H,1-4H3. The Bertz CT molecular complexity index is 513. The van der Waals surface area contributed by atoms with Crippen molar-refractivity contribution in [3.63, 3.8) is 0 Å². The molecular weight excluding hydrogens is 252 g/mol. The molecule has 0 N–H and O–H groups in total. The van der Waals surface area contributed by atoms with Gasteiger partial charge in [0.15, 0.2) is 0 Å². The fraction of sp³-hybridized carbons (Fsp3) is 0.385. The largest absolute Gasteiger partial charge is 0.166 e. The van der Waals surface area contributed by atoms with Gasteiger partial charge in [0.1, 0.15) is 0 Å². The van der Waals surface area contributed by atoms with Crippen molar-refractivity contribution in [2.45, 2.75) is 32.9 Å². The quantitative estimate of drug-likeness (QED) is 0.570. The molecule has 0 fully saturated rings. The van der Waals surface area contributed by atoms with E-state index in [0.29, 0.717) is 0 Å².